The lowest BCUT2D eigenvalue weighted by Crippen LogP contribution is -2.09. The molecule has 0 saturated carbocycles. The van der Waals surface area contributed by atoms with Crippen LogP contribution in [0.3, 0.4) is 0 Å². The van der Waals surface area contributed by atoms with Crippen molar-refractivity contribution < 1.29 is 9.13 Å². The van der Waals surface area contributed by atoms with Crippen LogP contribution >= 0.6 is 0 Å². The zero-order chi connectivity index (χ0) is 19.3. The number of ether oxygens (including phenoxy) is 1. The number of nitriles is 1. The van der Waals surface area contributed by atoms with Crippen molar-refractivity contribution in [1.82, 2.24) is 15.3 Å². The largest absolute Gasteiger partial charge is 0.496 e. The van der Waals surface area contributed by atoms with Gasteiger partial charge in [0.15, 0.2) is 0 Å². The van der Waals surface area contributed by atoms with E-state index in [1.54, 1.807) is 13.2 Å². The van der Waals surface area contributed by atoms with Crippen molar-refractivity contribution in [1.29, 1.82) is 5.26 Å². The van der Waals surface area contributed by atoms with Gasteiger partial charge in [-0.2, -0.15) is 5.26 Å². The van der Waals surface area contributed by atoms with Crippen LogP contribution in [0.15, 0.2) is 36.5 Å². The molecule has 3 aromatic rings. The highest BCUT2D eigenvalue weighted by Gasteiger charge is 2.32. The molecule has 0 amide bonds. The maximum atomic E-state index is 14.0. The van der Waals surface area contributed by atoms with Gasteiger partial charge in [-0.25, -0.2) is 9.37 Å². The molecule has 2 aliphatic rings. The molecule has 1 aliphatic carbocycles. The van der Waals surface area contributed by atoms with E-state index in [0.717, 1.165) is 30.6 Å². The van der Waals surface area contributed by atoms with Crippen LogP contribution in [0.1, 0.15) is 17.7 Å². The van der Waals surface area contributed by atoms with Crippen molar-refractivity contribution in [2.24, 2.45) is 11.8 Å². The normalized spacial score (nSPS) is 20.8. The fraction of sp³-hybridized carbons (Fsp3) is 0.273. The van der Waals surface area contributed by atoms with Gasteiger partial charge in [0.1, 0.15) is 23.3 Å². The number of allylic oxidation sites excluding steroid dienone is 1. The predicted molar refractivity (Wildman–Crippen MR) is 105 cm³/mol. The monoisotopic (exact) mass is 374 g/mol. The lowest BCUT2D eigenvalue weighted by Gasteiger charge is -2.11. The Hall–Kier alpha value is -3.17. The Morgan fingerprint density at radius 3 is 2.96 bits per heavy atom. The quantitative estimate of drug-likeness (QED) is 0.730. The average Bonchev–Trinajstić information content (AvgIpc) is 3.40. The molecular formula is C22H19FN4O. The lowest BCUT2D eigenvalue weighted by molar-refractivity contribution is 0.415. The third-order valence-electron chi connectivity index (χ3n) is 5.84. The molecule has 1 aliphatic heterocycles. The molecule has 140 valence electrons. The minimum absolute atomic E-state index is 0.376. The van der Waals surface area contributed by atoms with Crippen molar-refractivity contribution >= 4 is 16.6 Å². The number of hydrogen-bond acceptors (Lipinski definition) is 4. The van der Waals surface area contributed by atoms with Crippen LogP contribution in [0.5, 0.6) is 5.75 Å². The summed E-state index contributed by atoms with van der Waals surface area (Å²) in [7, 11) is 1.54. The zero-order valence-electron chi connectivity index (χ0n) is 15.4. The number of nitrogens with zero attached hydrogens (tertiary/aromatic N) is 2. The first-order chi connectivity index (χ1) is 13.7. The second-order valence-corrected chi connectivity index (χ2v) is 7.43. The Kier molecular flexibility index (Phi) is 3.92. The van der Waals surface area contributed by atoms with Gasteiger partial charge in [0, 0.05) is 34.9 Å². The van der Waals surface area contributed by atoms with Gasteiger partial charge >= 0.3 is 0 Å². The molecule has 2 atom stereocenters. The number of rotatable bonds is 3. The molecule has 2 aromatic heterocycles. The molecule has 6 heteroatoms. The van der Waals surface area contributed by atoms with E-state index in [-0.39, 0.29) is 5.82 Å². The first-order valence-electron chi connectivity index (χ1n) is 9.35. The van der Waals surface area contributed by atoms with Gasteiger partial charge in [0.2, 0.25) is 0 Å². The SMILES string of the molecule is COc1ccc(F)cc1-c1c(C#N)cnc2[nH]c(C3=CC4CNCC4C3)cc12. The lowest BCUT2D eigenvalue weighted by atomic mass is 9.97. The summed E-state index contributed by atoms with van der Waals surface area (Å²) >= 11 is 0. The van der Waals surface area contributed by atoms with Gasteiger partial charge in [0.05, 0.1) is 12.7 Å². The van der Waals surface area contributed by atoms with Gasteiger partial charge < -0.3 is 15.0 Å². The fourth-order valence-electron chi connectivity index (χ4n) is 4.48. The molecular weight excluding hydrogens is 355 g/mol. The molecule has 1 fully saturated rings. The van der Waals surface area contributed by atoms with Crippen LogP contribution in [0.25, 0.3) is 27.7 Å². The number of methoxy groups -OCH3 is 1. The Balaban J connectivity index is 1.70. The number of aromatic nitrogens is 2. The molecule has 0 radical (unpaired) electrons. The standard InChI is InChI=1S/C22H19FN4O/c1-28-20-3-2-16(23)6-17(20)21-15(8-24)11-26-22-18(21)7-19(27-22)12-4-13-9-25-10-14(13)5-12/h2-4,6-7,11,13-14,25H,5,9-10H2,1H3,(H,26,27). The summed E-state index contributed by atoms with van der Waals surface area (Å²) in [6.45, 7) is 2.07. The van der Waals surface area contributed by atoms with E-state index in [1.807, 2.05) is 6.07 Å². The molecule has 2 unspecified atom stereocenters. The Bertz CT molecular complexity index is 1160. The zero-order valence-corrected chi connectivity index (χ0v) is 15.4. The van der Waals surface area contributed by atoms with E-state index in [0.29, 0.717) is 39.9 Å². The van der Waals surface area contributed by atoms with E-state index in [4.69, 9.17) is 4.74 Å². The Morgan fingerprint density at radius 2 is 2.18 bits per heavy atom. The third-order valence-corrected chi connectivity index (χ3v) is 5.84. The Morgan fingerprint density at radius 1 is 1.29 bits per heavy atom. The predicted octanol–water partition coefficient (Wildman–Crippen LogP) is 3.87. The van der Waals surface area contributed by atoms with Crippen molar-refractivity contribution in [3.05, 3.63) is 53.6 Å². The van der Waals surface area contributed by atoms with Crippen molar-refractivity contribution in [3.8, 4) is 22.9 Å². The smallest absolute Gasteiger partial charge is 0.138 e. The molecule has 3 heterocycles. The van der Waals surface area contributed by atoms with Gasteiger partial charge in [0.25, 0.3) is 0 Å². The summed E-state index contributed by atoms with van der Waals surface area (Å²) in [4.78, 5) is 7.82. The first-order valence-corrected chi connectivity index (χ1v) is 9.35. The highest BCUT2D eigenvalue weighted by atomic mass is 19.1. The number of hydrogen-bond donors (Lipinski definition) is 2. The van der Waals surface area contributed by atoms with Gasteiger partial charge in [-0.1, -0.05) is 6.08 Å². The number of H-pyrrole nitrogens is 1. The van der Waals surface area contributed by atoms with E-state index in [1.165, 1.54) is 23.9 Å². The average molecular weight is 374 g/mol. The minimum Gasteiger partial charge on any atom is -0.496 e. The summed E-state index contributed by atoms with van der Waals surface area (Å²) in [6.07, 6.45) is 4.89. The van der Waals surface area contributed by atoms with Gasteiger partial charge in [-0.05, 0) is 54.6 Å². The highest BCUT2D eigenvalue weighted by Crippen LogP contribution is 2.41. The number of halogens is 1. The topological polar surface area (TPSA) is 73.7 Å². The summed E-state index contributed by atoms with van der Waals surface area (Å²) in [6, 6.07) is 8.57. The van der Waals surface area contributed by atoms with Crippen molar-refractivity contribution in [3.63, 3.8) is 0 Å². The molecule has 5 nitrogen and oxygen atoms in total. The first kappa shape index (κ1) is 17.0. The van der Waals surface area contributed by atoms with E-state index in [2.05, 4.69) is 27.4 Å². The molecule has 0 bridgehead atoms. The summed E-state index contributed by atoms with van der Waals surface area (Å²) < 4.78 is 19.4. The number of aromatic amines is 1. The fourth-order valence-corrected chi connectivity index (χ4v) is 4.48. The van der Waals surface area contributed by atoms with Crippen LogP contribution in [-0.4, -0.2) is 30.2 Å². The van der Waals surface area contributed by atoms with Gasteiger partial charge in [-0.3, -0.25) is 0 Å². The van der Waals surface area contributed by atoms with Crippen LogP contribution in [0.4, 0.5) is 4.39 Å². The highest BCUT2D eigenvalue weighted by molar-refractivity contribution is 5.99. The molecule has 0 spiro atoms. The summed E-state index contributed by atoms with van der Waals surface area (Å²) in [5.41, 5.74) is 4.58. The molecule has 28 heavy (non-hydrogen) atoms. The maximum Gasteiger partial charge on any atom is 0.138 e. The van der Waals surface area contributed by atoms with Crippen LogP contribution < -0.4 is 10.1 Å². The summed E-state index contributed by atoms with van der Waals surface area (Å²) in [5, 5.41) is 13.9. The Labute approximate surface area is 161 Å². The molecule has 1 aromatic carbocycles. The molecule has 1 saturated heterocycles. The van der Waals surface area contributed by atoms with Crippen LogP contribution in [-0.2, 0) is 0 Å². The van der Waals surface area contributed by atoms with Gasteiger partial charge in [-0.15, -0.1) is 0 Å². The van der Waals surface area contributed by atoms with Crippen LogP contribution in [0.2, 0.25) is 0 Å². The molecule has 2 N–H and O–H groups in total. The van der Waals surface area contributed by atoms with E-state index < -0.39 is 0 Å². The second kappa shape index (κ2) is 6.47. The maximum absolute atomic E-state index is 14.0. The van der Waals surface area contributed by atoms with E-state index in [9.17, 15) is 9.65 Å². The van der Waals surface area contributed by atoms with Crippen LogP contribution in [0, 0.1) is 29.0 Å². The third kappa shape index (κ3) is 2.59. The number of pyridine rings is 1. The van der Waals surface area contributed by atoms with Crippen molar-refractivity contribution in [2.75, 3.05) is 20.2 Å². The van der Waals surface area contributed by atoms with Crippen molar-refractivity contribution in [2.45, 2.75) is 6.42 Å². The number of fused-ring (bicyclic) bond motifs is 2. The number of nitrogens with one attached hydrogen (secondary N) is 2. The number of benzene rings is 1. The minimum atomic E-state index is -0.376. The van der Waals surface area contributed by atoms with E-state index >= 15 is 0 Å². The molecule has 5 rings (SSSR count). The summed E-state index contributed by atoms with van der Waals surface area (Å²) in [5.74, 6) is 1.37. The second-order valence-electron chi connectivity index (χ2n) is 7.43.